The Labute approximate surface area is 141 Å². The maximum atomic E-state index is 13.4. The van der Waals surface area contributed by atoms with Gasteiger partial charge in [0.05, 0.1) is 6.61 Å². The van der Waals surface area contributed by atoms with Crippen LogP contribution < -0.4 is 10.6 Å². The summed E-state index contributed by atoms with van der Waals surface area (Å²) in [6, 6.07) is -0.624. The van der Waals surface area contributed by atoms with Crippen molar-refractivity contribution in [3.63, 3.8) is 0 Å². The number of carbonyl (C=O) groups excluding carboxylic acids is 2. The van der Waals surface area contributed by atoms with E-state index < -0.39 is 43.3 Å². The van der Waals surface area contributed by atoms with Gasteiger partial charge < -0.3 is 14.0 Å². The molecule has 14 heteroatoms. The largest absolute Gasteiger partial charge is 0.462 e. The van der Waals surface area contributed by atoms with E-state index in [1.165, 1.54) is 6.92 Å². The maximum Gasteiger partial charge on any atom is 0.448 e. The van der Waals surface area contributed by atoms with Crippen molar-refractivity contribution in [2.75, 3.05) is 18.5 Å². The lowest BCUT2D eigenvalue weighted by atomic mass is 10.2. The van der Waals surface area contributed by atoms with Crippen molar-refractivity contribution in [3.05, 3.63) is 11.8 Å². The summed E-state index contributed by atoms with van der Waals surface area (Å²) in [7, 11) is 0. The Kier molecular flexibility index (Phi) is 6.46. The molecule has 0 spiro atoms. The number of halogens is 6. The van der Waals surface area contributed by atoms with Crippen molar-refractivity contribution in [2.24, 2.45) is 0 Å². The zero-order chi connectivity index (χ0) is 20.2. The number of nitrogens with zero attached hydrogens (tertiary/aromatic N) is 1. The highest BCUT2D eigenvalue weighted by atomic mass is 19.4. The molecule has 0 radical (unpaired) electrons. The summed E-state index contributed by atoms with van der Waals surface area (Å²) in [6.45, 7) is -0.575. The molecular weight excluding hydrogens is 380 g/mol. The highest BCUT2D eigenvalue weighted by Crippen LogP contribution is 2.34. The van der Waals surface area contributed by atoms with Gasteiger partial charge in [0, 0.05) is 6.07 Å². The third kappa shape index (κ3) is 5.50. The standard InChI is InChI=1S/C12H13F6N3O5/c1-3-24-8(22)11(12(16,17)18,25-5-10(13,14)15)20-9(23)19-7-4-6(2)26-21-7/h4H,3,5H2,1-2H3,(H2,19,20,21,23). The smallest absolute Gasteiger partial charge is 0.448 e. The van der Waals surface area contributed by atoms with E-state index in [4.69, 9.17) is 0 Å². The highest BCUT2D eigenvalue weighted by Gasteiger charge is 2.66. The monoisotopic (exact) mass is 393 g/mol. The van der Waals surface area contributed by atoms with Crippen LogP contribution in [0.25, 0.3) is 0 Å². The minimum atomic E-state index is -5.78. The third-order valence-corrected chi connectivity index (χ3v) is 2.57. The van der Waals surface area contributed by atoms with Gasteiger partial charge in [0.15, 0.2) is 5.82 Å². The average Bonchev–Trinajstić information content (AvgIpc) is 2.86. The maximum absolute atomic E-state index is 13.4. The number of nitrogens with one attached hydrogen (secondary N) is 2. The predicted molar refractivity (Wildman–Crippen MR) is 70.8 cm³/mol. The minimum absolute atomic E-state index is 0.182. The second-order valence-corrected chi connectivity index (χ2v) is 4.71. The Hall–Kier alpha value is -2.51. The molecule has 148 valence electrons. The number of esters is 1. The van der Waals surface area contributed by atoms with Crippen molar-refractivity contribution >= 4 is 17.8 Å². The summed E-state index contributed by atoms with van der Waals surface area (Å²) in [6.07, 6.45) is -11.0. The van der Waals surface area contributed by atoms with Crippen molar-refractivity contribution in [3.8, 4) is 0 Å². The minimum Gasteiger partial charge on any atom is -0.462 e. The molecule has 1 atom stereocenters. The molecule has 26 heavy (non-hydrogen) atoms. The van der Waals surface area contributed by atoms with Crippen molar-refractivity contribution in [1.29, 1.82) is 0 Å². The van der Waals surface area contributed by atoms with Crippen LogP contribution in [-0.4, -0.2) is 48.4 Å². The molecule has 1 unspecified atom stereocenters. The van der Waals surface area contributed by atoms with E-state index in [2.05, 4.69) is 19.2 Å². The molecule has 0 aliphatic heterocycles. The number of carbonyl (C=O) groups is 2. The van der Waals surface area contributed by atoms with Crippen LogP contribution in [-0.2, 0) is 14.3 Å². The Morgan fingerprint density at radius 3 is 2.27 bits per heavy atom. The third-order valence-electron chi connectivity index (χ3n) is 2.57. The molecule has 0 saturated carbocycles. The zero-order valence-corrected chi connectivity index (χ0v) is 13.2. The number of aromatic nitrogens is 1. The first-order valence-corrected chi connectivity index (χ1v) is 6.78. The van der Waals surface area contributed by atoms with Crippen molar-refractivity contribution in [2.45, 2.75) is 31.9 Å². The van der Waals surface area contributed by atoms with Crippen LogP contribution in [0.1, 0.15) is 12.7 Å². The molecule has 0 bridgehead atoms. The number of anilines is 1. The zero-order valence-electron chi connectivity index (χ0n) is 13.2. The highest BCUT2D eigenvalue weighted by molar-refractivity contribution is 5.93. The Balaban J connectivity index is 3.14. The van der Waals surface area contributed by atoms with E-state index >= 15 is 0 Å². The summed E-state index contributed by atoms with van der Waals surface area (Å²) in [5, 5.41) is 6.04. The lowest BCUT2D eigenvalue weighted by Gasteiger charge is -2.33. The fourth-order valence-electron chi connectivity index (χ4n) is 1.57. The first-order chi connectivity index (χ1) is 11.8. The van der Waals surface area contributed by atoms with Gasteiger partial charge in [-0.15, -0.1) is 0 Å². The average molecular weight is 393 g/mol. The summed E-state index contributed by atoms with van der Waals surface area (Å²) >= 11 is 0. The van der Waals surface area contributed by atoms with Crippen LogP contribution in [0.15, 0.2) is 10.6 Å². The van der Waals surface area contributed by atoms with E-state index in [1.54, 1.807) is 5.32 Å². The van der Waals surface area contributed by atoms with E-state index in [1.807, 2.05) is 0 Å². The first kappa shape index (κ1) is 21.5. The van der Waals surface area contributed by atoms with E-state index in [9.17, 15) is 35.9 Å². The van der Waals surface area contributed by atoms with Gasteiger partial charge in [-0.25, -0.2) is 9.59 Å². The Morgan fingerprint density at radius 1 is 1.23 bits per heavy atom. The molecule has 1 aromatic rings. The number of alkyl halides is 6. The lowest BCUT2D eigenvalue weighted by molar-refractivity contribution is -0.305. The first-order valence-electron chi connectivity index (χ1n) is 6.78. The Bertz CT molecular complexity index is 644. The predicted octanol–water partition coefficient (Wildman–Crippen LogP) is 2.51. The number of hydrogen-bond donors (Lipinski definition) is 2. The number of aryl methyl sites for hydroxylation is 1. The number of urea groups is 1. The number of hydrogen-bond acceptors (Lipinski definition) is 6. The quantitative estimate of drug-likeness (QED) is 0.437. The Morgan fingerprint density at radius 2 is 1.85 bits per heavy atom. The molecule has 0 saturated heterocycles. The van der Waals surface area contributed by atoms with Crippen LogP contribution in [0.2, 0.25) is 0 Å². The molecule has 8 nitrogen and oxygen atoms in total. The number of amides is 2. The van der Waals surface area contributed by atoms with Gasteiger partial charge in [0.2, 0.25) is 0 Å². The summed E-state index contributed by atoms with van der Waals surface area (Å²) in [5.74, 6) is -2.44. The molecule has 0 aromatic carbocycles. The second kappa shape index (κ2) is 7.80. The summed E-state index contributed by atoms with van der Waals surface area (Å²) < 4.78 is 89.4. The van der Waals surface area contributed by atoms with E-state index in [0.717, 1.165) is 18.3 Å². The molecule has 0 aliphatic carbocycles. The van der Waals surface area contributed by atoms with Crippen molar-refractivity contribution in [1.82, 2.24) is 10.5 Å². The molecule has 1 aromatic heterocycles. The van der Waals surface area contributed by atoms with Gasteiger partial charge in [-0.1, -0.05) is 5.16 Å². The number of ether oxygens (including phenoxy) is 2. The van der Waals surface area contributed by atoms with Crippen LogP contribution in [0.4, 0.5) is 37.0 Å². The molecule has 2 amide bonds. The van der Waals surface area contributed by atoms with Crippen LogP contribution in [0.3, 0.4) is 0 Å². The SMILES string of the molecule is CCOC(=O)C(NC(=O)Nc1cc(C)on1)(OCC(F)(F)F)C(F)(F)F. The fraction of sp³-hybridized carbons (Fsp3) is 0.583. The van der Waals surface area contributed by atoms with Gasteiger partial charge in [-0.3, -0.25) is 10.6 Å². The summed E-state index contributed by atoms with van der Waals surface area (Å²) in [4.78, 5) is 23.5. The number of rotatable bonds is 6. The topological polar surface area (TPSA) is 103 Å². The fourth-order valence-corrected chi connectivity index (χ4v) is 1.57. The van der Waals surface area contributed by atoms with Gasteiger partial charge in [0.25, 0.3) is 0 Å². The summed E-state index contributed by atoms with van der Waals surface area (Å²) in [5.41, 5.74) is -4.39. The second-order valence-electron chi connectivity index (χ2n) is 4.71. The lowest BCUT2D eigenvalue weighted by Crippen LogP contribution is -2.67. The molecule has 1 heterocycles. The molecule has 0 fully saturated rings. The van der Waals surface area contributed by atoms with Gasteiger partial charge >= 0.3 is 30.1 Å². The van der Waals surface area contributed by atoms with E-state index in [-0.39, 0.29) is 11.6 Å². The normalized spacial score (nSPS) is 14.5. The van der Waals surface area contributed by atoms with Gasteiger partial charge in [-0.2, -0.15) is 26.3 Å². The van der Waals surface area contributed by atoms with E-state index in [0.29, 0.717) is 0 Å². The van der Waals surface area contributed by atoms with Crippen LogP contribution in [0, 0.1) is 6.92 Å². The van der Waals surface area contributed by atoms with Crippen molar-refractivity contribution < 1.29 is 49.9 Å². The molecular formula is C12H13F6N3O5. The molecule has 2 N–H and O–H groups in total. The van der Waals surface area contributed by atoms with Crippen LogP contribution in [0.5, 0.6) is 0 Å². The van der Waals surface area contributed by atoms with Gasteiger partial charge in [-0.05, 0) is 13.8 Å². The van der Waals surface area contributed by atoms with Crippen LogP contribution >= 0.6 is 0 Å². The van der Waals surface area contributed by atoms with Gasteiger partial charge in [0.1, 0.15) is 12.4 Å². The molecule has 0 aliphatic rings. The molecule has 1 rings (SSSR count).